The fourth-order valence-electron chi connectivity index (χ4n) is 1.60. The zero-order valence-corrected chi connectivity index (χ0v) is 12.5. The summed E-state index contributed by atoms with van der Waals surface area (Å²) >= 11 is 3.24. The van der Waals surface area contributed by atoms with Crippen molar-refractivity contribution in [3.8, 4) is 5.75 Å². The molecule has 110 valence electrons. The molecule has 2 rings (SSSR count). The molecule has 0 unspecified atom stereocenters. The van der Waals surface area contributed by atoms with Gasteiger partial charge in [-0.25, -0.2) is 8.78 Å². The molecular weight excluding hydrogens is 344 g/mol. The molecule has 0 fully saturated rings. The summed E-state index contributed by atoms with van der Waals surface area (Å²) in [6.45, 7) is -0.155. The quantitative estimate of drug-likeness (QED) is 0.892. The van der Waals surface area contributed by atoms with Crippen LogP contribution in [0.5, 0.6) is 5.75 Å². The smallest absolute Gasteiger partial charge is 0.258 e. The molecule has 21 heavy (non-hydrogen) atoms. The van der Waals surface area contributed by atoms with Crippen molar-refractivity contribution in [3.05, 3.63) is 64.1 Å². The van der Waals surface area contributed by atoms with E-state index in [0.717, 1.165) is 4.47 Å². The second-order valence-electron chi connectivity index (χ2n) is 4.26. The Hall–Kier alpha value is -1.95. The van der Waals surface area contributed by atoms with Crippen LogP contribution < -0.4 is 10.1 Å². The molecular formula is C15H12BrF2NO2. The molecule has 0 atom stereocenters. The summed E-state index contributed by atoms with van der Waals surface area (Å²) in [5, 5.41) is 2.55. The van der Waals surface area contributed by atoms with Gasteiger partial charge >= 0.3 is 0 Å². The number of hydrogen-bond donors (Lipinski definition) is 1. The second kappa shape index (κ2) is 7.17. The van der Waals surface area contributed by atoms with Gasteiger partial charge in [-0.15, -0.1) is 0 Å². The largest absolute Gasteiger partial charge is 0.484 e. The number of hydrogen-bond acceptors (Lipinski definition) is 2. The maximum atomic E-state index is 13.5. The van der Waals surface area contributed by atoms with Crippen LogP contribution in [0.1, 0.15) is 5.56 Å². The van der Waals surface area contributed by atoms with Gasteiger partial charge in [0.1, 0.15) is 17.4 Å². The van der Waals surface area contributed by atoms with Crippen LogP contribution in [0, 0.1) is 11.6 Å². The number of nitrogens with one attached hydrogen (secondary N) is 1. The Morgan fingerprint density at radius 1 is 1.14 bits per heavy atom. The maximum absolute atomic E-state index is 13.5. The predicted octanol–water partition coefficient (Wildman–Crippen LogP) is 3.42. The van der Waals surface area contributed by atoms with Crippen LogP contribution in [0.15, 0.2) is 46.9 Å². The molecule has 0 aliphatic rings. The van der Waals surface area contributed by atoms with E-state index in [1.54, 1.807) is 12.1 Å². The minimum Gasteiger partial charge on any atom is -0.484 e. The molecule has 6 heteroatoms. The molecule has 2 aromatic carbocycles. The van der Waals surface area contributed by atoms with Gasteiger partial charge in [0.2, 0.25) is 0 Å². The van der Waals surface area contributed by atoms with Crippen LogP contribution in [-0.2, 0) is 11.3 Å². The van der Waals surface area contributed by atoms with Crippen molar-refractivity contribution >= 4 is 21.8 Å². The topological polar surface area (TPSA) is 38.3 Å². The molecule has 0 saturated carbocycles. The molecule has 3 nitrogen and oxygen atoms in total. The number of carbonyl (C=O) groups excluding carboxylic acids is 1. The fraction of sp³-hybridized carbons (Fsp3) is 0.133. The summed E-state index contributed by atoms with van der Waals surface area (Å²) in [5.41, 5.74) is 0.375. The van der Waals surface area contributed by atoms with Gasteiger partial charge in [-0.05, 0) is 42.5 Å². The third-order valence-corrected chi connectivity index (χ3v) is 3.16. The molecule has 0 heterocycles. The highest BCUT2D eigenvalue weighted by Gasteiger charge is 2.06. The molecule has 1 N–H and O–H groups in total. The SMILES string of the molecule is O=C(COc1ccc(F)cc1)NCc1cc(Br)ccc1F. The monoisotopic (exact) mass is 355 g/mol. The molecule has 0 bridgehead atoms. The first kappa shape index (κ1) is 15.4. The molecule has 1 amide bonds. The number of carbonyl (C=O) groups is 1. The number of rotatable bonds is 5. The summed E-state index contributed by atoms with van der Waals surface area (Å²) < 4.78 is 32.1. The van der Waals surface area contributed by atoms with Gasteiger partial charge in [0, 0.05) is 16.6 Å². The van der Waals surface area contributed by atoms with Gasteiger partial charge in [0.05, 0.1) is 0 Å². The summed E-state index contributed by atoms with van der Waals surface area (Å²) in [7, 11) is 0. The van der Waals surface area contributed by atoms with Crippen molar-refractivity contribution < 1.29 is 18.3 Å². The predicted molar refractivity (Wildman–Crippen MR) is 77.8 cm³/mol. The first-order chi connectivity index (χ1) is 10.0. The standard InChI is InChI=1S/C15H12BrF2NO2/c16-11-1-6-14(18)10(7-11)8-19-15(20)9-21-13-4-2-12(17)3-5-13/h1-7H,8-9H2,(H,19,20). The van der Waals surface area contributed by atoms with E-state index in [1.807, 2.05) is 0 Å². The highest BCUT2D eigenvalue weighted by atomic mass is 79.9. The maximum Gasteiger partial charge on any atom is 0.258 e. The number of benzene rings is 2. The van der Waals surface area contributed by atoms with Crippen LogP contribution >= 0.6 is 15.9 Å². The van der Waals surface area contributed by atoms with Gasteiger partial charge in [0.15, 0.2) is 6.61 Å². The van der Waals surface area contributed by atoms with Gasteiger partial charge in [0.25, 0.3) is 5.91 Å². The van der Waals surface area contributed by atoms with Crippen LogP contribution in [-0.4, -0.2) is 12.5 Å². The summed E-state index contributed by atoms with van der Waals surface area (Å²) in [6, 6.07) is 9.83. The van der Waals surface area contributed by atoms with E-state index >= 15 is 0 Å². The molecule has 0 aromatic heterocycles. The number of halogens is 3. The fourth-order valence-corrected chi connectivity index (χ4v) is 2.01. The van der Waals surface area contributed by atoms with Crippen molar-refractivity contribution in [1.29, 1.82) is 0 Å². The molecule has 2 aromatic rings. The average molecular weight is 356 g/mol. The summed E-state index contributed by atoms with van der Waals surface area (Å²) in [6.07, 6.45) is 0. The third-order valence-electron chi connectivity index (χ3n) is 2.67. The van der Waals surface area contributed by atoms with E-state index in [0.29, 0.717) is 11.3 Å². The van der Waals surface area contributed by atoms with Crippen LogP contribution in [0.2, 0.25) is 0 Å². The van der Waals surface area contributed by atoms with E-state index in [2.05, 4.69) is 21.2 Å². The van der Waals surface area contributed by atoms with Crippen LogP contribution in [0.3, 0.4) is 0 Å². The van der Waals surface area contributed by atoms with Crippen LogP contribution in [0.4, 0.5) is 8.78 Å². The minimum absolute atomic E-state index is 0.0664. The van der Waals surface area contributed by atoms with Crippen molar-refractivity contribution in [2.45, 2.75) is 6.54 Å². The van der Waals surface area contributed by atoms with E-state index in [4.69, 9.17) is 4.74 Å². The molecule has 0 aliphatic heterocycles. The first-order valence-corrected chi connectivity index (χ1v) is 6.93. The number of ether oxygens (including phenoxy) is 1. The van der Waals surface area contributed by atoms with Gasteiger partial charge in [-0.2, -0.15) is 0 Å². The Morgan fingerprint density at radius 2 is 1.86 bits per heavy atom. The molecule has 0 saturated heterocycles. The van der Waals surface area contributed by atoms with Gasteiger partial charge < -0.3 is 10.1 Å². The highest BCUT2D eigenvalue weighted by molar-refractivity contribution is 9.10. The lowest BCUT2D eigenvalue weighted by Crippen LogP contribution is -2.28. The Kier molecular flexibility index (Phi) is 5.27. The highest BCUT2D eigenvalue weighted by Crippen LogP contribution is 2.15. The lowest BCUT2D eigenvalue weighted by Gasteiger charge is -2.08. The molecule has 0 aliphatic carbocycles. The number of amides is 1. The van der Waals surface area contributed by atoms with Crippen molar-refractivity contribution in [1.82, 2.24) is 5.32 Å². The van der Waals surface area contributed by atoms with Crippen LogP contribution in [0.25, 0.3) is 0 Å². The Balaban J connectivity index is 1.82. The van der Waals surface area contributed by atoms with E-state index in [1.165, 1.54) is 30.3 Å². The van der Waals surface area contributed by atoms with Crippen molar-refractivity contribution in [2.24, 2.45) is 0 Å². The van der Waals surface area contributed by atoms with E-state index in [-0.39, 0.29) is 19.0 Å². The lowest BCUT2D eigenvalue weighted by molar-refractivity contribution is -0.123. The first-order valence-electron chi connectivity index (χ1n) is 6.13. The van der Waals surface area contributed by atoms with E-state index in [9.17, 15) is 13.6 Å². The molecule has 0 spiro atoms. The van der Waals surface area contributed by atoms with Crippen molar-refractivity contribution in [3.63, 3.8) is 0 Å². The zero-order valence-electron chi connectivity index (χ0n) is 10.9. The Morgan fingerprint density at radius 3 is 2.57 bits per heavy atom. The second-order valence-corrected chi connectivity index (χ2v) is 5.17. The normalized spacial score (nSPS) is 10.2. The lowest BCUT2D eigenvalue weighted by atomic mass is 10.2. The summed E-state index contributed by atoms with van der Waals surface area (Å²) in [4.78, 5) is 11.6. The Labute approximate surface area is 129 Å². The third kappa shape index (κ3) is 4.82. The van der Waals surface area contributed by atoms with Gasteiger partial charge in [-0.3, -0.25) is 4.79 Å². The van der Waals surface area contributed by atoms with E-state index < -0.39 is 11.7 Å². The van der Waals surface area contributed by atoms with Crippen molar-refractivity contribution in [2.75, 3.05) is 6.61 Å². The molecule has 0 radical (unpaired) electrons. The summed E-state index contributed by atoms with van der Waals surface area (Å²) in [5.74, 6) is -0.770. The van der Waals surface area contributed by atoms with Gasteiger partial charge in [-0.1, -0.05) is 15.9 Å². The zero-order chi connectivity index (χ0) is 15.2. The average Bonchev–Trinajstić information content (AvgIpc) is 2.47. The minimum atomic E-state index is -0.391. The Bertz CT molecular complexity index is 632.